The first kappa shape index (κ1) is 80.4. The van der Waals surface area contributed by atoms with Crippen LogP contribution in [0.4, 0.5) is 0 Å². The summed E-state index contributed by atoms with van der Waals surface area (Å²) < 4.78 is 115. The molecule has 8 rings (SSSR count). The molecule has 0 N–H and O–H groups in total. The first-order valence-electron chi connectivity index (χ1n) is 31.9. The number of esters is 8. The van der Waals surface area contributed by atoms with Crippen LogP contribution >= 0.6 is 0 Å². The summed E-state index contributed by atoms with van der Waals surface area (Å²) in [6.07, 6.45) is 10.2. The number of sulfone groups is 2. The molecule has 0 bridgehead atoms. The van der Waals surface area contributed by atoms with Gasteiger partial charge in [0.2, 0.25) is 46.8 Å². The Morgan fingerprint density at radius 3 is 0.991 bits per heavy atom. The van der Waals surface area contributed by atoms with Crippen LogP contribution in [-0.2, 0) is 83.4 Å². The van der Waals surface area contributed by atoms with Gasteiger partial charge in [-0.2, -0.15) is 0 Å². The van der Waals surface area contributed by atoms with Crippen LogP contribution in [0.1, 0.15) is 63.8 Å². The highest BCUT2D eigenvalue weighted by atomic mass is 32.2. The number of carbonyl (C=O) groups is 8. The third kappa shape index (κ3) is 24.4. The molecule has 0 aliphatic carbocycles. The Labute approximate surface area is 611 Å². The third-order valence-electron chi connectivity index (χ3n) is 15.1. The second-order valence-corrected chi connectivity index (χ2v) is 26.3. The first-order valence-corrected chi connectivity index (χ1v) is 34.9. The Bertz CT molecular complexity index is 4710. The van der Waals surface area contributed by atoms with Gasteiger partial charge in [0.1, 0.15) is 46.0 Å². The Kier molecular flexibility index (Phi) is 29.5. The third-order valence-corrected chi connectivity index (χ3v) is 18.6. The predicted molar refractivity (Wildman–Crippen MR) is 386 cm³/mol. The van der Waals surface area contributed by atoms with E-state index in [2.05, 4.69) is 26.3 Å². The molecule has 0 amide bonds. The molecule has 0 aliphatic rings. The summed E-state index contributed by atoms with van der Waals surface area (Å²) in [6.45, 7) is 21.1. The molecule has 0 fully saturated rings. The molecule has 548 valence electrons. The van der Waals surface area contributed by atoms with Gasteiger partial charge in [-0.25, -0.2) is 45.6 Å². The maximum atomic E-state index is 13.3. The molecule has 0 saturated heterocycles. The number of aryl methyl sites for hydroxylation is 5. The fourth-order valence-electron chi connectivity index (χ4n) is 9.36. The molecule has 8 aromatic rings. The van der Waals surface area contributed by atoms with E-state index >= 15 is 0 Å². The van der Waals surface area contributed by atoms with Crippen molar-refractivity contribution in [2.75, 3.05) is 27.2 Å². The van der Waals surface area contributed by atoms with Crippen LogP contribution in [0.2, 0.25) is 0 Å². The summed E-state index contributed by atoms with van der Waals surface area (Å²) >= 11 is 0. The zero-order valence-corrected chi connectivity index (χ0v) is 59.7. The summed E-state index contributed by atoms with van der Waals surface area (Å²) in [7, 11) is -7.89. The van der Waals surface area contributed by atoms with Gasteiger partial charge in [-0.05, 0) is 243 Å². The average Bonchev–Trinajstić information content (AvgIpc) is 0.806. The maximum absolute atomic E-state index is 13.3. The fraction of sp³-hybridized carbons (Fsp3) is 0.150. The molecule has 1 atom stereocenters. The lowest BCUT2D eigenvalue weighted by atomic mass is 9.96. The van der Waals surface area contributed by atoms with E-state index in [-0.39, 0.29) is 76.2 Å². The van der Waals surface area contributed by atoms with Crippen molar-refractivity contribution in [2.24, 2.45) is 0 Å². The van der Waals surface area contributed by atoms with E-state index in [0.717, 1.165) is 52.1 Å². The summed E-state index contributed by atoms with van der Waals surface area (Å²) in [5.41, 5.74) is 6.21. The smallest absolute Gasteiger partial charge is 0.336 e. The molecule has 0 radical (unpaired) electrons. The number of hydrogen-bond acceptors (Lipinski definition) is 24. The van der Waals surface area contributed by atoms with Crippen molar-refractivity contribution in [3.8, 4) is 46.0 Å². The molecule has 0 saturated carbocycles. The van der Waals surface area contributed by atoms with Crippen molar-refractivity contribution in [1.82, 2.24) is 0 Å². The molecule has 0 spiro atoms. The first-order chi connectivity index (χ1) is 50.7. The number of carbonyl (C=O) groups excluding carboxylic acids is 8. The molecular formula is C80H72O24S2. The highest BCUT2D eigenvalue weighted by molar-refractivity contribution is 7.91. The van der Waals surface area contributed by atoms with Gasteiger partial charge in [-0.15, -0.1) is 0 Å². The number of rotatable bonds is 33. The highest BCUT2D eigenvalue weighted by Crippen LogP contribution is 2.31. The van der Waals surface area contributed by atoms with Gasteiger partial charge >= 0.3 is 47.8 Å². The monoisotopic (exact) mass is 1480 g/mol. The standard InChI is InChI=1S/C40H38O12S.C40H34O12S/c1-6-37(41)49-24-47-32-10-8-29(26(3)22-32)9-21-39(43)51-30-11-16-34(17-12-30)53(45,46)35-18-13-31(14-19-35)52-40(44)28(5)36-20-15-33(23-27(36)4)48-25-50-38(42)7-2;1-5-37(41)49-25-47-33-11-7-29(27(3)23-33)9-21-39(43)51-31-13-17-35(18-14-31)53(45,46)36-19-15-32(16-20-36)52-40(44)22-10-30-8-12-34(24-28(30)4)48-26-50-38(42)6-2/h6-8,10-20,22-23,28H,1-2,9,21,24-25H2,3-5H3;5-24H,1-2,25-26H2,3-4H3. The van der Waals surface area contributed by atoms with E-state index in [4.69, 9.17) is 56.8 Å². The van der Waals surface area contributed by atoms with Crippen LogP contribution in [0.15, 0.2) is 252 Å². The van der Waals surface area contributed by atoms with Crippen LogP contribution in [-0.4, -0.2) is 91.8 Å². The topological polar surface area (TPSA) is 316 Å². The maximum Gasteiger partial charge on any atom is 0.336 e. The minimum Gasteiger partial charge on any atom is -0.457 e. The molecular weight excluding hydrogens is 1410 g/mol. The van der Waals surface area contributed by atoms with Crippen molar-refractivity contribution in [3.63, 3.8) is 0 Å². The summed E-state index contributed by atoms with van der Waals surface area (Å²) in [4.78, 5) is 94.8. The van der Waals surface area contributed by atoms with Crippen molar-refractivity contribution in [3.05, 3.63) is 277 Å². The molecule has 1 unspecified atom stereocenters. The zero-order valence-electron chi connectivity index (χ0n) is 58.0. The van der Waals surface area contributed by atoms with Crippen molar-refractivity contribution >= 4 is 79.6 Å². The van der Waals surface area contributed by atoms with Crippen molar-refractivity contribution in [1.29, 1.82) is 0 Å². The van der Waals surface area contributed by atoms with Gasteiger partial charge in [-0.1, -0.05) is 50.6 Å². The van der Waals surface area contributed by atoms with Crippen LogP contribution in [0.5, 0.6) is 46.0 Å². The summed E-state index contributed by atoms with van der Waals surface area (Å²) in [5.74, 6) is -2.99. The number of ether oxygens (including phenoxy) is 12. The quantitative estimate of drug-likeness (QED) is 0.0121. The lowest BCUT2D eigenvalue weighted by molar-refractivity contribution is -0.145. The molecule has 106 heavy (non-hydrogen) atoms. The van der Waals surface area contributed by atoms with Crippen LogP contribution in [0, 0.1) is 27.7 Å². The van der Waals surface area contributed by atoms with E-state index in [0.29, 0.717) is 46.1 Å². The highest BCUT2D eigenvalue weighted by Gasteiger charge is 2.24. The van der Waals surface area contributed by atoms with Crippen LogP contribution in [0.3, 0.4) is 0 Å². The second kappa shape index (κ2) is 38.9. The van der Waals surface area contributed by atoms with E-state index in [1.165, 1.54) is 109 Å². The lowest BCUT2D eigenvalue weighted by Gasteiger charge is -2.15. The average molecular weight is 1480 g/mol. The Morgan fingerprint density at radius 1 is 0.358 bits per heavy atom. The van der Waals surface area contributed by atoms with E-state index in [9.17, 15) is 55.2 Å². The fourth-order valence-corrected chi connectivity index (χ4v) is 11.9. The van der Waals surface area contributed by atoms with Crippen LogP contribution < -0.4 is 37.9 Å². The van der Waals surface area contributed by atoms with Gasteiger partial charge in [0.15, 0.2) is 0 Å². The SMILES string of the molecule is C=CC(=O)OCOc1ccc(C=CC(=O)Oc2ccc(S(=O)(=O)c3ccc(OC(=O)C=Cc4ccc(OCOC(=O)C=C)cc4C)cc3)cc2)c(C)c1.C=CC(=O)OCOc1ccc(CCC(=O)Oc2ccc(S(=O)(=O)c3ccc(OC(=O)C(C)c4ccc(OCOC(=O)C=C)cc4C)cc3)cc2)c(C)c1. The zero-order chi connectivity index (χ0) is 76.9. The van der Waals surface area contributed by atoms with Gasteiger partial charge in [0.25, 0.3) is 0 Å². The van der Waals surface area contributed by atoms with Crippen molar-refractivity contribution in [2.45, 2.75) is 73.0 Å². The Balaban J connectivity index is 0.000000296. The molecule has 0 heterocycles. The normalized spacial score (nSPS) is 11.2. The molecule has 0 aliphatic heterocycles. The molecule has 24 nitrogen and oxygen atoms in total. The summed E-state index contributed by atoms with van der Waals surface area (Å²) in [6, 6.07) is 42.1. The molecule has 8 aromatic carbocycles. The lowest BCUT2D eigenvalue weighted by Crippen LogP contribution is -2.17. The minimum absolute atomic E-state index is 0.0189. The van der Waals surface area contributed by atoms with E-state index in [1.54, 1.807) is 98.8 Å². The number of hydrogen-bond donors (Lipinski definition) is 0. The Morgan fingerprint density at radius 2 is 0.660 bits per heavy atom. The van der Waals surface area contributed by atoms with Gasteiger partial charge in [0.05, 0.1) is 25.5 Å². The van der Waals surface area contributed by atoms with Gasteiger partial charge in [-0.3, -0.25) is 9.59 Å². The molecule has 26 heteroatoms. The summed E-state index contributed by atoms with van der Waals surface area (Å²) in [5, 5.41) is 0. The predicted octanol–water partition coefficient (Wildman–Crippen LogP) is 13.0. The van der Waals surface area contributed by atoms with E-state index in [1.807, 2.05) is 20.8 Å². The minimum atomic E-state index is -3.95. The number of benzene rings is 8. The van der Waals surface area contributed by atoms with E-state index < -0.39 is 73.3 Å². The van der Waals surface area contributed by atoms with Gasteiger partial charge in [0, 0.05) is 42.9 Å². The second-order valence-electron chi connectivity index (χ2n) is 22.4. The Hall–Kier alpha value is -12.9. The van der Waals surface area contributed by atoms with Crippen molar-refractivity contribution < 1.29 is 112 Å². The largest absolute Gasteiger partial charge is 0.457 e. The van der Waals surface area contributed by atoms with Crippen LogP contribution in [0.25, 0.3) is 12.2 Å². The molecule has 0 aromatic heterocycles. The van der Waals surface area contributed by atoms with Gasteiger partial charge < -0.3 is 56.8 Å².